The molecule has 0 atom stereocenters. The number of aliphatic imine (C=N–C) groups is 1. The first-order valence-corrected chi connectivity index (χ1v) is 9.23. The molecule has 7 heteroatoms. The van der Waals surface area contributed by atoms with E-state index in [1.807, 2.05) is 25.3 Å². The van der Waals surface area contributed by atoms with Crippen molar-refractivity contribution in [2.75, 3.05) is 26.7 Å². The molecular weight excluding hydrogens is 336 g/mol. The molecule has 0 bridgehead atoms. The average molecular weight is 362 g/mol. The maximum absolute atomic E-state index is 10.0. The molecule has 1 aromatic carbocycles. The Bertz CT molecular complexity index is 700. The number of thiazole rings is 1. The van der Waals surface area contributed by atoms with Crippen molar-refractivity contribution in [2.24, 2.45) is 4.99 Å². The van der Waals surface area contributed by atoms with Gasteiger partial charge in [-0.15, -0.1) is 11.3 Å². The molecule has 136 valence electrons. The second-order valence-electron chi connectivity index (χ2n) is 5.55. The Balaban J connectivity index is 1.83. The number of guanidine groups is 1. The Morgan fingerprint density at radius 3 is 2.80 bits per heavy atom. The van der Waals surface area contributed by atoms with Gasteiger partial charge in [-0.1, -0.05) is 6.07 Å². The van der Waals surface area contributed by atoms with Gasteiger partial charge >= 0.3 is 0 Å². The molecule has 1 aromatic heterocycles. The zero-order valence-corrected chi connectivity index (χ0v) is 15.8. The van der Waals surface area contributed by atoms with Crippen molar-refractivity contribution >= 4 is 17.3 Å². The first kappa shape index (κ1) is 19.1. The minimum absolute atomic E-state index is 0.252. The zero-order chi connectivity index (χ0) is 18.1. The van der Waals surface area contributed by atoms with Crippen molar-refractivity contribution < 1.29 is 9.84 Å². The number of phenols is 1. The maximum Gasteiger partial charge on any atom is 0.191 e. The fraction of sp³-hybridized carbons (Fsp3) is 0.444. The van der Waals surface area contributed by atoms with Gasteiger partial charge in [0.1, 0.15) is 11.5 Å². The molecule has 0 saturated carbocycles. The second kappa shape index (κ2) is 9.88. The Labute approximate surface area is 153 Å². The first-order chi connectivity index (χ1) is 12.1. The molecule has 0 aliphatic heterocycles. The molecule has 0 radical (unpaired) electrons. The van der Waals surface area contributed by atoms with Gasteiger partial charge in [0.15, 0.2) is 5.96 Å². The van der Waals surface area contributed by atoms with E-state index >= 15 is 0 Å². The van der Waals surface area contributed by atoms with Crippen molar-refractivity contribution in [3.63, 3.8) is 0 Å². The molecule has 3 N–H and O–H groups in total. The van der Waals surface area contributed by atoms with Crippen molar-refractivity contribution in [1.82, 2.24) is 15.6 Å². The van der Waals surface area contributed by atoms with Crippen LogP contribution in [0.4, 0.5) is 0 Å². The number of aromatic nitrogens is 1. The molecule has 0 saturated heterocycles. The lowest BCUT2D eigenvalue weighted by Crippen LogP contribution is -2.38. The predicted octanol–water partition coefficient (Wildman–Crippen LogP) is 2.51. The van der Waals surface area contributed by atoms with Crippen LogP contribution in [0.1, 0.15) is 22.4 Å². The van der Waals surface area contributed by atoms with E-state index in [-0.39, 0.29) is 5.75 Å². The number of hydrogen-bond donors (Lipinski definition) is 3. The Kier molecular flexibility index (Phi) is 7.53. The number of methoxy groups -OCH3 is 1. The SMILES string of the molecule is CCNC(=NCCc1ncc(C)s1)NCCc1ccc(OC)cc1O. The smallest absolute Gasteiger partial charge is 0.191 e. The molecule has 6 nitrogen and oxygen atoms in total. The lowest BCUT2D eigenvalue weighted by molar-refractivity contribution is 0.406. The number of ether oxygens (including phenoxy) is 1. The monoisotopic (exact) mass is 362 g/mol. The van der Waals surface area contributed by atoms with Crippen LogP contribution >= 0.6 is 11.3 Å². The highest BCUT2D eigenvalue weighted by Gasteiger charge is 2.04. The van der Waals surface area contributed by atoms with E-state index in [4.69, 9.17) is 4.74 Å². The Morgan fingerprint density at radius 1 is 1.32 bits per heavy atom. The number of benzene rings is 1. The number of rotatable bonds is 8. The van der Waals surface area contributed by atoms with Gasteiger partial charge in [0.25, 0.3) is 0 Å². The summed E-state index contributed by atoms with van der Waals surface area (Å²) in [6, 6.07) is 5.36. The summed E-state index contributed by atoms with van der Waals surface area (Å²) in [4.78, 5) is 10.2. The van der Waals surface area contributed by atoms with Crippen LogP contribution in [0, 0.1) is 6.92 Å². The lowest BCUT2D eigenvalue weighted by Gasteiger charge is -2.12. The van der Waals surface area contributed by atoms with E-state index in [0.717, 1.165) is 29.5 Å². The molecule has 0 amide bonds. The van der Waals surface area contributed by atoms with Crippen LogP contribution in [0.3, 0.4) is 0 Å². The highest BCUT2D eigenvalue weighted by Crippen LogP contribution is 2.23. The molecule has 0 aliphatic carbocycles. The molecule has 25 heavy (non-hydrogen) atoms. The highest BCUT2D eigenvalue weighted by atomic mass is 32.1. The summed E-state index contributed by atoms with van der Waals surface area (Å²) in [5.41, 5.74) is 0.877. The molecule has 2 rings (SSSR count). The maximum atomic E-state index is 10.0. The summed E-state index contributed by atoms with van der Waals surface area (Å²) in [6.45, 7) is 6.27. The van der Waals surface area contributed by atoms with Gasteiger partial charge < -0.3 is 20.5 Å². The van der Waals surface area contributed by atoms with Gasteiger partial charge in [-0.05, 0) is 31.9 Å². The number of nitrogens with zero attached hydrogens (tertiary/aromatic N) is 2. The number of nitrogens with one attached hydrogen (secondary N) is 2. The highest BCUT2D eigenvalue weighted by molar-refractivity contribution is 7.11. The van der Waals surface area contributed by atoms with Gasteiger partial charge in [0.05, 0.1) is 12.1 Å². The van der Waals surface area contributed by atoms with E-state index in [1.54, 1.807) is 24.5 Å². The summed E-state index contributed by atoms with van der Waals surface area (Å²) in [5.74, 6) is 1.69. The van der Waals surface area contributed by atoms with Crippen LogP contribution in [0.15, 0.2) is 29.4 Å². The molecule has 0 unspecified atom stereocenters. The van der Waals surface area contributed by atoms with Gasteiger partial charge in [0.2, 0.25) is 0 Å². The topological polar surface area (TPSA) is 78.8 Å². The van der Waals surface area contributed by atoms with E-state index in [0.29, 0.717) is 25.3 Å². The van der Waals surface area contributed by atoms with Crippen molar-refractivity contribution in [3.8, 4) is 11.5 Å². The third-order valence-corrected chi connectivity index (χ3v) is 4.56. The minimum atomic E-state index is 0.252. The lowest BCUT2D eigenvalue weighted by atomic mass is 10.1. The van der Waals surface area contributed by atoms with Crippen LogP contribution in [-0.2, 0) is 12.8 Å². The first-order valence-electron chi connectivity index (χ1n) is 8.41. The van der Waals surface area contributed by atoms with E-state index in [2.05, 4.69) is 27.5 Å². The Hall–Kier alpha value is -2.28. The standard InChI is InChI=1S/C18H26N4O2S/c1-4-19-18(21-10-8-17-22-12-13(2)25-17)20-9-7-14-5-6-15(24-3)11-16(14)23/h5-6,11-12,23H,4,7-10H2,1-3H3,(H2,19,20,21). The fourth-order valence-electron chi connectivity index (χ4n) is 2.32. The molecule has 0 aliphatic rings. The van der Waals surface area contributed by atoms with Gasteiger partial charge in [0, 0.05) is 43.2 Å². The van der Waals surface area contributed by atoms with Crippen molar-refractivity contribution in [2.45, 2.75) is 26.7 Å². The number of aryl methyl sites for hydroxylation is 1. The minimum Gasteiger partial charge on any atom is -0.508 e. The van der Waals surface area contributed by atoms with Crippen molar-refractivity contribution in [1.29, 1.82) is 0 Å². The van der Waals surface area contributed by atoms with Gasteiger partial charge in [-0.3, -0.25) is 4.99 Å². The second-order valence-corrected chi connectivity index (χ2v) is 6.87. The van der Waals surface area contributed by atoms with Crippen LogP contribution < -0.4 is 15.4 Å². The summed E-state index contributed by atoms with van der Waals surface area (Å²) in [5, 5.41) is 17.6. The zero-order valence-electron chi connectivity index (χ0n) is 15.0. The molecule has 0 fully saturated rings. The summed E-state index contributed by atoms with van der Waals surface area (Å²) in [6.07, 6.45) is 3.44. The molecule has 1 heterocycles. The fourth-order valence-corrected chi connectivity index (χ4v) is 3.10. The molecule has 0 spiro atoms. The van der Waals surface area contributed by atoms with E-state index < -0.39 is 0 Å². The normalized spacial score (nSPS) is 11.4. The quantitative estimate of drug-likeness (QED) is 0.497. The van der Waals surface area contributed by atoms with E-state index in [1.165, 1.54) is 4.88 Å². The van der Waals surface area contributed by atoms with E-state index in [9.17, 15) is 5.11 Å². The third-order valence-electron chi connectivity index (χ3n) is 3.59. The summed E-state index contributed by atoms with van der Waals surface area (Å²) < 4.78 is 5.10. The predicted molar refractivity (Wildman–Crippen MR) is 103 cm³/mol. The summed E-state index contributed by atoms with van der Waals surface area (Å²) in [7, 11) is 1.59. The number of hydrogen-bond acceptors (Lipinski definition) is 5. The van der Waals surface area contributed by atoms with Crippen LogP contribution in [0.25, 0.3) is 0 Å². The molecular formula is C18H26N4O2S. The number of phenolic OH excluding ortho intramolecular Hbond substituents is 1. The van der Waals surface area contributed by atoms with Crippen LogP contribution in [0.5, 0.6) is 11.5 Å². The largest absolute Gasteiger partial charge is 0.508 e. The summed E-state index contributed by atoms with van der Waals surface area (Å²) >= 11 is 1.71. The van der Waals surface area contributed by atoms with Crippen LogP contribution in [-0.4, -0.2) is 42.8 Å². The Morgan fingerprint density at radius 2 is 2.16 bits per heavy atom. The van der Waals surface area contributed by atoms with Crippen LogP contribution in [0.2, 0.25) is 0 Å². The van der Waals surface area contributed by atoms with Gasteiger partial charge in [-0.25, -0.2) is 4.98 Å². The number of aromatic hydroxyl groups is 1. The average Bonchev–Trinajstić information content (AvgIpc) is 3.01. The molecule has 2 aromatic rings. The van der Waals surface area contributed by atoms with Crippen molar-refractivity contribution in [3.05, 3.63) is 39.8 Å². The van der Waals surface area contributed by atoms with Gasteiger partial charge in [-0.2, -0.15) is 0 Å². The third kappa shape index (κ3) is 6.26.